The number of halogens is 2. The summed E-state index contributed by atoms with van der Waals surface area (Å²) in [5.41, 5.74) is 0.672. The van der Waals surface area contributed by atoms with Crippen molar-refractivity contribution in [3.05, 3.63) is 70.4 Å². The van der Waals surface area contributed by atoms with E-state index in [4.69, 9.17) is 37.1 Å². The maximum atomic E-state index is 12.1. The third-order valence-electron chi connectivity index (χ3n) is 5.88. The molecular weight excluding hydrogens is 513 g/mol. The summed E-state index contributed by atoms with van der Waals surface area (Å²) >= 11 is 12.4. The summed E-state index contributed by atoms with van der Waals surface area (Å²) < 4.78 is 41.4. The van der Waals surface area contributed by atoms with Crippen LogP contribution in [0.15, 0.2) is 59.0 Å². The average molecular weight is 540 g/mol. The lowest BCUT2D eigenvalue weighted by Gasteiger charge is -2.29. The van der Waals surface area contributed by atoms with E-state index in [1.54, 1.807) is 43.5 Å². The molecule has 35 heavy (non-hydrogen) atoms. The van der Waals surface area contributed by atoms with Gasteiger partial charge in [0.25, 0.3) is 0 Å². The Morgan fingerprint density at radius 2 is 1.91 bits per heavy atom. The molecule has 2 unspecified atom stereocenters. The Morgan fingerprint density at radius 3 is 2.63 bits per heavy atom. The van der Waals surface area contributed by atoms with E-state index in [0.717, 1.165) is 0 Å². The summed E-state index contributed by atoms with van der Waals surface area (Å²) in [6, 6.07) is 15.7. The molecule has 0 spiro atoms. The number of rotatable bonds is 10. The van der Waals surface area contributed by atoms with Crippen molar-refractivity contribution in [1.29, 1.82) is 0 Å². The summed E-state index contributed by atoms with van der Waals surface area (Å²) in [4.78, 5) is 1.93. The zero-order chi connectivity index (χ0) is 25.0. The van der Waals surface area contributed by atoms with Crippen LogP contribution in [0.5, 0.6) is 11.5 Å². The predicted octanol–water partition coefficient (Wildman–Crippen LogP) is 4.69. The molecule has 188 valence electrons. The van der Waals surface area contributed by atoms with Gasteiger partial charge in [0.2, 0.25) is 0 Å². The van der Waals surface area contributed by atoms with Gasteiger partial charge in [-0.05, 0) is 48.9 Å². The first-order valence-electron chi connectivity index (χ1n) is 11.2. The van der Waals surface area contributed by atoms with Gasteiger partial charge >= 0.3 is 0 Å². The Hall–Kier alpha value is -2.23. The van der Waals surface area contributed by atoms with Crippen molar-refractivity contribution >= 4 is 33.0 Å². The topological polar surface area (TPSA) is 89.2 Å². The van der Waals surface area contributed by atoms with Crippen LogP contribution in [0.4, 0.5) is 0 Å². The lowest BCUT2D eigenvalue weighted by Crippen LogP contribution is -2.42. The third-order valence-corrected chi connectivity index (χ3v) is 8.20. The number of benzene rings is 2. The minimum absolute atomic E-state index is 0.0257. The van der Waals surface area contributed by atoms with Gasteiger partial charge in [0, 0.05) is 23.2 Å². The van der Waals surface area contributed by atoms with Crippen LogP contribution in [-0.4, -0.2) is 62.3 Å². The van der Waals surface area contributed by atoms with Crippen LogP contribution in [0.3, 0.4) is 0 Å². The Kier molecular flexibility index (Phi) is 8.29. The average Bonchev–Trinajstić information content (AvgIpc) is 3.45. The molecule has 2 aromatic carbocycles. The lowest BCUT2D eigenvalue weighted by atomic mass is 10.2. The van der Waals surface area contributed by atoms with E-state index in [9.17, 15) is 13.5 Å². The molecule has 1 aromatic heterocycles. The molecule has 1 N–H and O–H groups in total. The molecule has 0 radical (unpaired) electrons. The SMILES string of the molecule is COc1ccccc1OCC(O)CN(Cc1ccc(-c2cc(Cl)ccc2Cl)o1)C1CCS(=O)(=O)C1. The molecule has 0 aliphatic carbocycles. The second-order valence-corrected chi connectivity index (χ2v) is 11.6. The van der Waals surface area contributed by atoms with Gasteiger partial charge in [-0.2, -0.15) is 0 Å². The molecule has 1 saturated heterocycles. The van der Waals surface area contributed by atoms with Crippen molar-refractivity contribution in [2.24, 2.45) is 0 Å². The van der Waals surface area contributed by atoms with Gasteiger partial charge in [0.15, 0.2) is 21.3 Å². The van der Waals surface area contributed by atoms with Crippen molar-refractivity contribution in [2.45, 2.75) is 25.1 Å². The molecule has 1 fully saturated rings. The van der Waals surface area contributed by atoms with E-state index in [-0.39, 0.29) is 30.7 Å². The number of nitrogens with zero attached hydrogens (tertiary/aromatic N) is 1. The highest BCUT2D eigenvalue weighted by molar-refractivity contribution is 7.91. The molecule has 2 heterocycles. The normalized spacial score (nSPS) is 18.0. The van der Waals surface area contributed by atoms with Gasteiger partial charge in [-0.15, -0.1) is 0 Å². The number of methoxy groups -OCH3 is 1. The first-order valence-corrected chi connectivity index (χ1v) is 13.7. The molecule has 4 rings (SSSR count). The molecular formula is C25H27Cl2NO6S. The number of aliphatic hydroxyl groups is 1. The molecule has 0 saturated carbocycles. The lowest BCUT2D eigenvalue weighted by molar-refractivity contribution is 0.0491. The molecule has 10 heteroatoms. The van der Waals surface area contributed by atoms with Gasteiger partial charge in [-0.1, -0.05) is 35.3 Å². The molecule has 1 aliphatic heterocycles. The number of hydrogen-bond acceptors (Lipinski definition) is 7. The van der Waals surface area contributed by atoms with Crippen molar-refractivity contribution in [2.75, 3.05) is 31.8 Å². The standard InChI is InChI=1S/C25H27Cl2NO6S/c1-32-24-4-2-3-5-25(24)33-15-19(29)13-28(18-10-11-35(30,31)16-18)14-20-7-9-23(34-20)21-12-17(26)6-8-22(21)27/h2-9,12,18-19,29H,10-11,13-16H2,1H3. The van der Waals surface area contributed by atoms with Gasteiger partial charge in [-0.25, -0.2) is 8.42 Å². The first-order chi connectivity index (χ1) is 16.7. The highest BCUT2D eigenvalue weighted by atomic mass is 35.5. The van der Waals surface area contributed by atoms with E-state index in [0.29, 0.717) is 51.6 Å². The molecule has 2 atom stereocenters. The zero-order valence-electron chi connectivity index (χ0n) is 19.2. The van der Waals surface area contributed by atoms with Crippen LogP contribution in [0.25, 0.3) is 11.3 Å². The molecule has 3 aromatic rings. The second-order valence-electron chi connectivity index (χ2n) is 8.49. The number of furan rings is 1. The van der Waals surface area contributed by atoms with Crippen LogP contribution in [0, 0.1) is 0 Å². The van der Waals surface area contributed by atoms with Crippen LogP contribution < -0.4 is 9.47 Å². The Labute approximate surface area is 215 Å². The van der Waals surface area contributed by atoms with Crippen molar-refractivity contribution in [1.82, 2.24) is 4.90 Å². The monoisotopic (exact) mass is 539 g/mol. The van der Waals surface area contributed by atoms with E-state index in [1.165, 1.54) is 0 Å². The van der Waals surface area contributed by atoms with E-state index in [1.807, 2.05) is 23.1 Å². The highest BCUT2D eigenvalue weighted by Gasteiger charge is 2.33. The summed E-state index contributed by atoms with van der Waals surface area (Å²) in [6.07, 6.45) is -0.365. The maximum absolute atomic E-state index is 12.1. The Balaban J connectivity index is 1.47. The predicted molar refractivity (Wildman–Crippen MR) is 136 cm³/mol. The summed E-state index contributed by atoms with van der Waals surface area (Å²) in [5, 5.41) is 11.8. The first kappa shape index (κ1) is 25.9. The van der Waals surface area contributed by atoms with Crippen molar-refractivity contribution in [3.63, 3.8) is 0 Å². The van der Waals surface area contributed by atoms with Gasteiger partial charge in [0.05, 0.1) is 30.2 Å². The largest absolute Gasteiger partial charge is 0.493 e. The van der Waals surface area contributed by atoms with E-state index >= 15 is 0 Å². The molecule has 7 nitrogen and oxygen atoms in total. The molecule has 0 bridgehead atoms. The summed E-state index contributed by atoms with van der Waals surface area (Å²) in [6.45, 7) is 0.561. The number of hydrogen-bond donors (Lipinski definition) is 1. The smallest absolute Gasteiger partial charge is 0.161 e. The maximum Gasteiger partial charge on any atom is 0.161 e. The number of ether oxygens (including phenoxy) is 2. The number of sulfone groups is 1. The molecule has 0 amide bonds. The number of para-hydroxylation sites is 2. The molecule has 1 aliphatic rings. The van der Waals surface area contributed by atoms with Crippen LogP contribution in [0.2, 0.25) is 10.0 Å². The second kappa shape index (κ2) is 11.2. The number of aliphatic hydroxyl groups excluding tert-OH is 1. The Morgan fingerprint density at radius 1 is 1.14 bits per heavy atom. The minimum Gasteiger partial charge on any atom is -0.493 e. The van der Waals surface area contributed by atoms with Gasteiger partial charge in [-0.3, -0.25) is 4.90 Å². The zero-order valence-corrected chi connectivity index (χ0v) is 21.5. The summed E-state index contributed by atoms with van der Waals surface area (Å²) in [5.74, 6) is 2.45. The van der Waals surface area contributed by atoms with Gasteiger partial charge < -0.3 is 19.0 Å². The van der Waals surface area contributed by atoms with Crippen LogP contribution in [-0.2, 0) is 16.4 Å². The van der Waals surface area contributed by atoms with Crippen LogP contribution in [0.1, 0.15) is 12.2 Å². The van der Waals surface area contributed by atoms with E-state index < -0.39 is 15.9 Å². The fourth-order valence-electron chi connectivity index (χ4n) is 4.15. The quantitative estimate of drug-likeness (QED) is 0.399. The fourth-order valence-corrected chi connectivity index (χ4v) is 6.29. The van der Waals surface area contributed by atoms with Crippen molar-refractivity contribution < 1.29 is 27.4 Å². The third kappa shape index (κ3) is 6.71. The minimum atomic E-state index is -3.11. The van der Waals surface area contributed by atoms with E-state index in [2.05, 4.69) is 0 Å². The van der Waals surface area contributed by atoms with Crippen LogP contribution >= 0.6 is 23.2 Å². The summed E-state index contributed by atoms with van der Waals surface area (Å²) in [7, 11) is -1.56. The Bertz CT molecular complexity index is 1260. The highest BCUT2D eigenvalue weighted by Crippen LogP contribution is 2.32. The van der Waals surface area contributed by atoms with Crippen molar-refractivity contribution in [3.8, 4) is 22.8 Å². The fraction of sp³-hybridized carbons (Fsp3) is 0.360. The van der Waals surface area contributed by atoms with Gasteiger partial charge in [0.1, 0.15) is 24.2 Å².